The van der Waals surface area contributed by atoms with Crippen LogP contribution >= 0.6 is 23.4 Å². The van der Waals surface area contributed by atoms with E-state index in [0.717, 1.165) is 4.90 Å². The van der Waals surface area contributed by atoms with Gasteiger partial charge in [0.15, 0.2) is 6.10 Å². The third kappa shape index (κ3) is 4.62. The lowest BCUT2D eigenvalue weighted by atomic mass is 10.2. The minimum atomic E-state index is -1.03. The van der Waals surface area contributed by atoms with Crippen molar-refractivity contribution in [2.75, 3.05) is 25.4 Å². The van der Waals surface area contributed by atoms with Gasteiger partial charge in [-0.15, -0.1) is 11.8 Å². The maximum absolute atomic E-state index is 12.1. The molecular formula is C14H16ClNO4S. The Morgan fingerprint density at radius 3 is 2.90 bits per heavy atom. The molecule has 1 atom stereocenters. The van der Waals surface area contributed by atoms with Crippen LogP contribution in [0.15, 0.2) is 29.2 Å². The molecule has 0 aliphatic carbocycles. The van der Waals surface area contributed by atoms with Crippen LogP contribution in [0.1, 0.15) is 6.42 Å². The average molecular weight is 330 g/mol. The van der Waals surface area contributed by atoms with Crippen molar-refractivity contribution < 1.29 is 19.4 Å². The summed E-state index contributed by atoms with van der Waals surface area (Å²) in [6.07, 6.45) is -0.568. The van der Waals surface area contributed by atoms with Gasteiger partial charge in [-0.25, -0.2) is 4.79 Å². The van der Waals surface area contributed by atoms with Crippen LogP contribution in [0.4, 0.5) is 0 Å². The second kappa shape index (κ2) is 7.68. The van der Waals surface area contributed by atoms with Crippen molar-refractivity contribution in [1.82, 2.24) is 4.90 Å². The Morgan fingerprint density at radius 1 is 1.43 bits per heavy atom. The Labute approximate surface area is 132 Å². The van der Waals surface area contributed by atoms with E-state index in [1.165, 1.54) is 11.8 Å². The van der Waals surface area contributed by atoms with Gasteiger partial charge in [0.2, 0.25) is 5.91 Å². The lowest BCUT2D eigenvalue weighted by molar-refractivity contribution is -0.159. The van der Waals surface area contributed by atoms with Crippen LogP contribution in [-0.2, 0) is 14.3 Å². The number of halogens is 1. The number of carbonyl (C=O) groups is 2. The number of carbonyl (C=O) groups excluding carboxylic acids is 1. The normalized spacial score (nSPS) is 18.5. The molecule has 1 heterocycles. The Kier molecular flexibility index (Phi) is 5.90. The van der Waals surface area contributed by atoms with Gasteiger partial charge in [-0.1, -0.05) is 23.7 Å². The molecule has 0 bridgehead atoms. The molecule has 0 radical (unpaired) electrons. The zero-order valence-corrected chi connectivity index (χ0v) is 12.9. The third-order valence-corrected chi connectivity index (χ3v) is 4.62. The summed E-state index contributed by atoms with van der Waals surface area (Å²) in [5.41, 5.74) is 0. The zero-order valence-electron chi connectivity index (χ0n) is 11.3. The van der Waals surface area contributed by atoms with Crippen molar-refractivity contribution >= 4 is 35.2 Å². The summed E-state index contributed by atoms with van der Waals surface area (Å²) in [5, 5.41) is 9.58. The van der Waals surface area contributed by atoms with Crippen molar-refractivity contribution in [1.29, 1.82) is 0 Å². The van der Waals surface area contributed by atoms with Gasteiger partial charge < -0.3 is 14.7 Å². The van der Waals surface area contributed by atoms with E-state index in [9.17, 15) is 9.59 Å². The topological polar surface area (TPSA) is 66.8 Å². The quantitative estimate of drug-likeness (QED) is 0.838. The number of carboxylic acids is 1. The first kappa shape index (κ1) is 16.1. The molecule has 0 saturated carbocycles. The summed E-state index contributed by atoms with van der Waals surface area (Å²) < 4.78 is 5.09. The summed E-state index contributed by atoms with van der Waals surface area (Å²) in [6.45, 7) is 0.824. The van der Waals surface area contributed by atoms with Crippen molar-refractivity contribution in [3.63, 3.8) is 0 Å². The fraction of sp³-hybridized carbons (Fsp3) is 0.429. The van der Waals surface area contributed by atoms with Crippen molar-refractivity contribution in [3.8, 4) is 0 Å². The van der Waals surface area contributed by atoms with Gasteiger partial charge in [0.25, 0.3) is 0 Å². The SMILES string of the molecule is O=C(O)C1CN(C(=O)CCSc2ccccc2Cl)CCO1. The van der Waals surface area contributed by atoms with Crippen molar-refractivity contribution in [2.24, 2.45) is 0 Å². The van der Waals surface area contributed by atoms with E-state index >= 15 is 0 Å². The lowest BCUT2D eigenvalue weighted by Crippen LogP contribution is -2.48. The van der Waals surface area contributed by atoms with E-state index < -0.39 is 12.1 Å². The molecule has 1 aromatic rings. The summed E-state index contributed by atoms with van der Waals surface area (Å²) >= 11 is 7.56. The Morgan fingerprint density at radius 2 is 2.19 bits per heavy atom. The minimum absolute atomic E-state index is 0.0518. The van der Waals surface area contributed by atoms with Crippen LogP contribution in [0.25, 0.3) is 0 Å². The highest BCUT2D eigenvalue weighted by Gasteiger charge is 2.28. The maximum atomic E-state index is 12.1. The fourth-order valence-electron chi connectivity index (χ4n) is 1.99. The molecule has 1 fully saturated rings. The highest BCUT2D eigenvalue weighted by molar-refractivity contribution is 7.99. The number of aliphatic carboxylic acids is 1. The number of thioether (sulfide) groups is 1. The van der Waals surface area contributed by atoms with Crippen LogP contribution in [0, 0.1) is 0 Å². The van der Waals surface area contributed by atoms with Crippen molar-refractivity contribution in [3.05, 3.63) is 29.3 Å². The zero-order chi connectivity index (χ0) is 15.2. The fourth-order valence-corrected chi connectivity index (χ4v) is 3.17. The predicted octanol–water partition coefficient (Wildman–Crippen LogP) is 2.13. The first-order chi connectivity index (χ1) is 10.1. The molecule has 1 saturated heterocycles. The highest BCUT2D eigenvalue weighted by atomic mass is 35.5. The number of amides is 1. The average Bonchev–Trinajstić information content (AvgIpc) is 2.49. The number of hydrogen-bond donors (Lipinski definition) is 1. The largest absolute Gasteiger partial charge is 0.479 e. The molecule has 1 amide bonds. The van der Waals surface area contributed by atoms with Gasteiger partial charge in [0, 0.05) is 23.6 Å². The van der Waals surface area contributed by atoms with Gasteiger partial charge in [-0.05, 0) is 12.1 Å². The first-order valence-corrected chi connectivity index (χ1v) is 7.94. The van der Waals surface area contributed by atoms with Crippen LogP contribution in [0.5, 0.6) is 0 Å². The Hall–Kier alpha value is -1.24. The maximum Gasteiger partial charge on any atom is 0.334 e. The van der Waals surface area contributed by atoms with Gasteiger partial charge in [0.1, 0.15) is 0 Å². The van der Waals surface area contributed by atoms with Crippen LogP contribution in [0.3, 0.4) is 0 Å². The van der Waals surface area contributed by atoms with E-state index in [1.807, 2.05) is 24.3 Å². The molecule has 0 spiro atoms. The number of carboxylic acid groups (broad SMARTS) is 1. The predicted molar refractivity (Wildman–Crippen MR) is 80.7 cm³/mol. The van der Waals surface area contributed by atoms with E-state index in [-0.39, 0.29) is 19.1 Å². The molecule has 1 N–H and O–H groups in total. The number of rotatable bonds is 5. The van der Waals surface area contributed by atoms with Crippen LogP contribution in [0.2, 0.25) is 5.02 Å². The van der Waals surface area contributed by atoms with Gasteiger partial charge >= 0.3 is 5.97 Å². The monoisotopic (exact) mass is 329 g/mol. The first-order valence-electron chi connectivity index (χ1n) is 6.57. The minimum Gasteiger partial charge on any atom is -0.479 e. The van der Waals surface area contributed by atoms with Gasteiger partial charge in [-0.2, -0.15) is 0 Å². The number of nitrogens with zero attached hydrogens (tertiary/aromatic N) is 1. The summed E-state index contributed by atoms with van der Waals surface area (Å²) in [7, 11) is 0. The molecule has 0 aromatic heterocycles. The summed E-state index contributed by atoms with van der Waals surface area (Å²) in [6, 6.07) is 7.48. The molecule has 21 heavy (non-hydrogen) atoms. The highest BCUT2D eigenvalue weighted by Crippen LogP contribution is 2.27. The van der Waals surface area contributed by atoms with E-state index in [4.69, 9.17) is 21.4 Å². The Bertz CT molecular complexity index is 525. The lowest BCUT2D eigenvalue weighted by Gasteiger charge is -2.30. The van der Waals surface area contributed by atoms with Gasteiger partial charge in [-0.3, -0.25) is 4.79 Å². The number of morpholine rings is 1. The van der Waals surface area contributed by atoms with E-state index in [0.29, 0.717) is 23.7 Å². The molecule has 2 rings (SSSR count). The molecule has 7 heteroatoms. The second-order valence-electron chi connectivity index (χ2n) is 4.57. The Balaban J connectivity index is 1.79. The number of hydrogen-bond acceptors (Lipinski definition) is 4. The molecule has 114 valence electrons. The number of benzene rings is 1. The standard InChI is InChI=1S/C14H16ClNO4S/c15-10-3-1-2-4-12(10)21-8-5-13(17)16-6-7-20-11(9-16)14(18)19/h1-4,11H,5-9H2,(H,18,19). The molecular weight excluding hydrogens is 314 g/mol. The van der Waals surface area contributed by atoms with E-state index in [2.05, 4.69) is 0 Å². The summed E-state index contributed by atoms with van der Waals surface area (Å²) in [4.78, 5) is 25.4. The third-order valence-electron chi connectivity index (χ3n) is 3.10. The number of ether oxygens (including phenoxy) is 1. The molecule has 5 nitrogen and oxygen atoms in total. The molecule has 1 aromatic carbocycles. The van der Waals surface area contributed by atoms with E-state index in [1.54, 1.807) is 4.90 Å². The second-order valence-corrected chi connectivity index (χ2v) is 6.11. The van der Waals surface area contributed by atoms with Crippen molar-refractivity contribution in [2.45, 2.75) is 17.4 Å². The molecule has 1 aliphatic rings. The smallest absolute Gasteiger partial charge is 0.334 e. The van der Waals surface area contributed by atoms with Crippen LogP contribution in [-0.4, -0.2) is 53.4 Å². The molecule has 1 unspecified atom stereocenters. The summed E-state index contributed by atoms with van der Waals surface area (Å²) in [5.74, 6) is -0.473. The van der Waals surface area contributed by atoms with Crippen LogP contribution < -0.4 is 0 Å². The molecule has 1 aliphatic heterocycles. The van der Waals surface area contributed by atoms with Gasteiger partial charge in [0.05, 0.1) is 18.2 Å².